The standard InChI is InChI=1S/C22H21N3O3/c1-3-28-21-7-5-4-6-20(21)24-19-12-17(13-23-14-19)22(27)25-18-10-8-16(9-11-18)15(2)26/h4-14,24H,3H2,1-2H3,(H,25,27). The number of anilines is 3. The highest BCUT2D eigenvalue weighted by Gasteiger charge is 2.10. The van der Waals surface area contributed by atoms with E-state index in [1.807, 2.05) is 31.2 Å². The molecule has 0 spiro atoms. The molecule has 142 valence electrons. The van der Waals surface area contributed by atoms with Crippen LogP contribution in [0.1, 0.15) is 34.6 Å². The largest absolute Gasteiger partial charge is 0.492 e. The van der Waals surface area contributed by atoms with Gasteiger partial charge >= 0.3 is 0 Å². The van der Waals surface area contributed by atoms with Gasteiger partial charge in [0.1, 0.15) is 5.75 Å². The molecular weight excluding hydrogens is 354 g/mol. The number of para-hydroxylation sites is 2. The Morgan fingerprint density at radius 1 is 0.964 bits per heavy atom. The van der Waals surface area contributed by atoms with Crippen LogP contribution in [-0.4, -0.2) is 23.3 Å². The van der Waals surface area contributed by atoms with Gasteiger partial charge in [0.25, 0.3) is 5.91 Å². The normalized spacial score (nSPS) is 10.2. The molecule has 2 N–H and O–H groups in total. The molecule has 0 atom stereocenters. The molecule has 0 fully saturated rings. The summed E-state index contributed by atoms with van der Waals surface area (Å²) in [5, 5.41) is 6.04. The molecule has 6 heteroatoms. The number of Topliss-reactive ketones (excluding diaryl/α,β-unsaturated/α-hetero) is 1. The smallest absolute Gasteiger partial charge is 0.257 e. The van der Waals surface area contributed by atoms with Gasteiger partial charge in [0.15, 0.2) is 5.78 Å². The average molecular weight is 375 g/mol. The number of rotatable bonds is 7. The highest BCUT2D eigenvalue weighted by atomic mass is 16.5. The van der Waals surface area contributed by atoms with E-state index in [4.69, 9.17) is 4.74 Å². The number of hydrogen-bond acceptors (Lipinski definition) is 5. The van der Waals surface area contributed by atoms with Crippen LogP contribution in [0.4, 0.5) is 17.1 Å². The monoisotopic (exact) mass is 375 g/mol. The van der Waals surface area contributed by atoms with E-state index < -0.39 is 0 Å². The van der Waals surface area contributed by atoms with Gasteiger partial charge in [0.05, 0.1) is 29.7 Å². The number of aromatic nitrogens is 1. The van der Waals surface area contributed by atoms with E-state index in [0.29, 0.717) is 29.1 Å². The lowest BCUT2D eigenvalue weighted by Crippen LogP contribution is -2.12. The molecule has 28 heavy (non-hydrogen) atoms. The highest BCUT2D eigenvalue weighted by Crippen LogP contribution is 2.27. The quantitative estimate of drug-likeness (QED) is 0.586. The summed E-state index contributed by atoms with van der Waals surface area (Å²) in [7, 11) is 0. The van der Waals surface area contributed by atoms with Crippen LogP contribution in [0.3, 0.4) is 0 Å². The van der Waals surface area contributed by atoms with E-state index in [0.717, 1.165) is 11.4 Å². The number of nitrogens with one attached hydrogen (secondary N) is 2. The molecule has 6 nitrogen and oxygen atoms in total. The lowest BCUT2D eigenvalue weighted by molar-refractivity contribution is 0.101. The summed E-state index contributed by atoms with van der Waals surface area (Å²) >= 11 is 0. The van der Waals surface area contributed by atoms with Crippen molar-refractivity contribution in [1.82, 2.24) is 4.98 Å². The Morgan fingerprint density at radius 2 is 1.71 bits per heavy atom. The van der Waals surface area contributed by atoms with Crippen molar-refractivity contribution in [3.63, 3.8) is 0 Å². The summed E-state index contributed by atoms with van der Waals surface area (Å²) in [6, 6.07) is 16.0. The van der Waals surface area contributed by atoms with Gasteiger partial charge in [-0.15, -0.1) is 0 Å². The zero-order valence-corrected chi connectivity index (χ0v) is 15.7. The van der Waals surface area contributed by atoms with E-state index in [9.17, 15) is 9.59 Å². The van der Waals surface area contributed by atoms with Crippen molar-refractivity contribution < 1.29 is 14.3 Å². The maximum atomic E-state index is 12.5. The summed E-state index contributed by atoms with van der Waals surface area (Å²) in [5.74, 6) is 0.420. The molecule has 1 aromatic heterocycles. The van der Waals surface area contributed by atoms with Crippen molar-refractivity contribution in [2.75, 3.05) is 17.2 Å². The summed E-state index contributed by atoms with van der Waals surface area (Å²) in [4.78, 5) is 28.0. The van der Waals surface area contributed by atoms with Crippen LogP contribution >= 0.6 is 0 Å². The number of carbonyl (C=O) groups is 2. The van der Waals surface area contributed by atoms with Crippen LogP contribution in [0.15, 0.2) is 67.0 Å². The number of carbonyl (C=O) groups excluding carboxylic acids is 2. The number of pyridine rings is 1. The van der Waals surface area contributed by atoms with E-state index >= 15 is 0 Å². The predicted octanol–water partition coefficient (Wildman–Crippen LogP) is 4.68. The second kappa shape index (κ2) is 8.81. The summed E-state index contributed by atoms with van der Waals surface area (Å²) in [5.41, 5.74) is 3.08. The van der Waals surface area contributed by atoms with Crippen molar-refractivity contribution in [2.24, 2.45) is 0 Å². The van der Waals surface area contributed by atoms with Gasteiger partial charge in [0, 0.05) is 17.4 Å². The molecular formula is C22H21N3O3. The van der Waals surface area contributed by atoms with Crippen LogP contribution in [0, 0.1) is 0 Å². The van der Waals surface area contributed by atoms with Crippen molar-refractivity contribution in [1.29, 1.82) is 0 Å². The maximum Gasteiger partial charge on any atom is 0.257 e. The molecule has 0 aliphatic carbocycles. The first kappa shape index (κ1) is 19.1. The first-order valence-electron chi connectivity index (χ1n) is 8.93. The van der Waals surface area contributed by atoms with Gasteiger partial charge in [-0.2, -0.15) is 0 Å². The molecule has 0 aliphatic heterocycles. The Kier molecular flexibility index (Phi) is 6.01. The van der Waals surface area contributed by atoms with Crippen molar-refractivity contribution in [3.05, 3.63) is 78.1 Å². The first-order chi connectivity index (χ1) is 13.6. The average Bonchev–Trinajstić information content (AvgIpc) is 2.70. The molecule has 1 heterocycles. The van der Waals surface area contributed by atoms with E-state index in [2.05, 4.69) is 15.6 Å². The molecule has 3 rings (SSSR count). The molecule has 0 saturated heterocycles. The molecule has 2 aromatic carbocycles. The number of amides is 1. The highest BCUT2D eigenvalue weighted by molar-refractivity contribution is 6.05. The second-order valence-electron chi connectivity index (χ2n) is 6.10. The van der Waals surface area contributed by atoms with Gasteiger partial charge in [-0.25, -0.2) is 0 Å². The summed E-state index contributed by atoms with van der Waals surface area (Å²) in [6.45, 7) is 3.98. The number of nitrogens with zero attached hydrogens (tertiary/aromatic N) is 1. The summed E-state index contributed by atoms with van der Waals surface area (Å²) < 4.78 is 5.61. The lowest BCUT2D eigenvalue weighted by Gasteiger charge is -2.12. The number of ether oxygens (including phenoxy) is 1. The molecule has 0 saturated carbocycles. The third-order valence-corrected chi connectivity index (χ3v) is 4.02. The van der Waals surface area contributed by atoms with Crippen LogP contribution in [0.5, 0.6) is 5.75 Å². The van der Waals surface area contributed by atoms with Crippen LogP contribution in [0.25, 0.3) is 0 Å². The number of hydrogen-bond donors (Lipinski definition) is 2. The third kappa shape index (κ3) is 4.73. The number of ketones is 1. The Bertz CT molecular complexity index is 984. The van der Waals surface area contributed by atoms with Gasteiger partial charge in [-0.3, -0.25) is 14.6 Å². The molecule has 1 amide bonds. The van der Waals surface area contributed by atoms with Crippen molar-refractivity contribution >= 4 is 28.8 Å². The predicted molar refractivity (Wildman–Crippen MR) is 110 cm³/mol. The Balaban J connectivity index is 1.74. The summed E-state index contributed by atoms with van der Waals surface area (Å²) in [6.07, 6.45) is 3.14. The molecule has 0 unspecified atom stereocenters. The fourth-order valence-electron chi connectivity index (χ4n) is 2.63. The Hall–Kier alpha value is -3.67. The maximum absolute atomic E-state index is 12.5. The van der Waals surface area contributed by atoms with Crippen molar-refractivity contribution in [3.8, 4) is 5.75 Å². The topological polar surface area (TPSA) is 80.3 Å². The van der Waals surface area contributed by atoms with Gasteiger partial charge < -0.3 is 15.4 Å². The minimum absolute atomic E-state index is 0.0202. The fraction of sp³-hybridized carbons (Fsp3) is 0.136. The van der Waals surface area contributed by atoms with Gasteiger partial charge in [-0.1, -0.05) is 12.1 Å². The Morgan fingerprint density at radius 3 is 2.43 bits per heavy atom. The van der Waals surface area contributed by atoms with Gasteiger partial charge in [-0.05, 0) is 56.3 Å². The van der Waals surface area contributed by atoms with E-state index in [1.165, 1.54) is 13.1 Å². The third-order valence-electron chi connectivity index (χ3n) is 4.02. The lowest BCUT2D eigenvalue weighted by atomic mass is 10.1. The SMILES string of the molecule is CCOc1ccccc1Nc1cncc(C(=O)Nc2ccc(C(C)=O)cc2)c1. The first-order valence-corrected chi connectivity index (χ1v) is 8.93. The minimum Gasteiger partial charge on any atom is -0.492 e. The molecule has 0 radical (unpaired) electrons. The Labute approximate surface area is 163 Å². The minimum atomic E-state index is -0.287. The van der Waals surface area contributed by atoms with Gasteiger partial charge in [0.2, 0.25) is 0 Å². The zero-order chi connectivity index (χ0) is 19.9. The van der Waals surface area contributed by atoms with Crippen LogP contribution in [-0.2, 0) is 0 Å². The zero-order valence-electron chi connectivity index (χ0n) is 15.7. The fourth-order valence-corrected chi connectivity index (χ4v) is 2.63. The van der Waals surface area contributed by atoms with Crippen molar-refractivity contribution in [2.45, 2.75) is 13.8 Å². The van der Waals surface area contributed by atoms with Crippen LogP contribution in [0.2, 0.25) is 0 Å². The number of benzene rings is 2. The van der Waals surface area contributed by atoms with E-state index in [1.54, 1.807) is 36.5 Å². The second-order valence-corrected chi connectivity index (χ2v) is 6.10. The molecule has 0 bridgehead atoms. The molecule has 3 aromatic rings. The van der Waals surface area contributed by atoms with Crippen LogP contribution < -0.4 is 15.4 Å². The van der Waals surface area contributed by atoms with E-state index in [-0.39, 0.29) is 11.7 Å². The molecule has 0 aliphatic rings.